The number of nitrogens with two attached hydrogens (primary N) is 1. The Labute approximate surface area is 124 Å². The van der Waals surface area contributed by atoms with Crippen LogP contribution in [0.1, 0.15) is 29.9 Å². The maximum atomic E-state index is 12.6. The number of carbonyl (C=O) groups is 2. The third kappa shape index (κ3) is 3.39. The molecule has 0 unspecified atom stereocenters. The van der Waals surface area contributed by atoms with E-state index in [0.29, 0.717) is 24.7 Å². The van der Waals surface area contributed by atoms with Gasteiger partial charge in [-0.25, -0.2) is 0 Å². The zero-order valence-electron chi connectivity index (χ0n) is 12.7. The van der Waals surface area contributed by atoms with Crippen LogP contribution in [-0.2, 0) is 4.79 Å². The van der Waals surface area contributed by atoms with Crippen molar-refractivity contribution in [3.8, 4) is 0 Å². The summed E-state index contributed by atoms with van der Waals surface area (Å²) in [7, 11) is 0. The second kappa shape index (κ2) is 6.22. The minimum Gasteiger partial charge on any atom is -0.368 e. The highest BCUT2D eigenvalue weighted by Gasteiger charge is 2.35. The number of hydrogen-bond donors (Lipinski definition) is 1. The van der Waals surface area contributed by atoms with Crippen LogP contribution in [0.3, 0.4) is 0 Å². The molecule has 1 saturated heterocycles. The molecule has 2 heterocycles. The molecule has 0 aliphatic carbocycles. The van der Waals surface area contributed by atoms with Gasteiger partial charge in [0.05, 0.1) is 5.56 Å². The first-order chi connectivity index (χ1) is 9.90. The molecule has 21 heavy (non-hydrogen) atoms. The Hall–Kier alpha value is -1.95. The van der Waals surface area contributed by atoms with E-state index in [9.17, 15) is 9.59 Å². The van der Waals surface area contributed by atoms with E-state index in [1.165, 1.54) is 0 Å². The molecule has 2 N–H and O–H groups in total. The van der Waals surface area contributed by atoms with Gasteiger partial charge in [0.1, 0.15) is 6.04 Å². The van der Waals surface area contributed by atoms with Crippen LogP contribution in [0.5, 0.6) is 0 Å². The van der Waals surface area contributed by atoms with E-state index >= 15 is 0 Å². The Bertz CT molecular complexity index is 527. The summed E-state index contributed by atoms with van der Waals surface area (Å²) in [5.74, 6) is -0.650. The standard InChI is InChI=1S/C15H22N4O2/c1-10(2)18-6-7-19(13(9-18)14(16)20)15(21)12-5-4-11(3)17-8-12/h4-5,8,10,13H,6-7,9H2,1-3H3,(H2,16,20)/t13-/m1/s1. The third-order valence-corrected chi connectivity index (χ3v) is 3.89. The van der Waals surface area contributed by atoms with Gasteiger partial charge in [-0.3, -0.25) is 19.5 Å². The van der Waals surface area contributed by atoms with Crippen molar-refractivity contribution in [1.29, 1.82) is 0 Å². The molecule has 2 rings (SSSR count). The topological polar surface area (TPSA) is 79.5 Å². The molecule has 0 spiro atoms. The number of aryl methyl sites for hydroxylation is 1. The van der Waals surface area contributed by atoms with Gasteiger partial charge in [-0.05, 0) is 32.9 Å². The van der Waals surface area contributed by atoms with Crippen LogP contribution < -0.4 is 5.73 Å². The number of nitrogens with zero attached hydrogens (tertiary/aromatic N) is 3. The van der Waals surface area contributed by atoms with Crippen LogP contribution in [0, 0.1) is 6.92 Å². The fourth-order valence-electron chi connectivity index (χ4n) is 2.52. The van der Waals surface area contributed by atoms with E-state index in [4.69, 9.17) is 5.73 Å². The summed E-state index contributed by atoms with van der Waals surface area (Å²) in [5.41, 5.74) is 6.83. The molecule has 1 aromatic rings. The van der Waals surface area contributed by atoms with E-state index < -0.39 is 11.9 Å². The van der Waals surface area contributed by atoms with Crippen molar-refractivity contribution >= 4 is 11.8 Å². The number of amides is 2. The van der Waals surface area contributed by atoms with Crippen LogP contribution in [0.15, 0.2) is 18.3 Å². The quantitative estimate of drug-likeness (QED) is 0.874. The van der Waals surface area contributed by atoms with E-state index in [0.717, 1.165) is 12.2 Å². The van der Waals surface area contributed by atoms with Gasteiger partial charge >= 0.3 is 0 Å². The molecule has 0 aromatic carbocycles. The molecule has 1 aliphatic heterocycles. The Morgan fingerprint density at radius 3 is 2.57 bits per heavy atom. The maximum Gasteiger partial charge on any atom is 0.256 e. The number of hydrogen-bond acceptors (Lipinski definition) is 4. The number of pyridine rings is 1. The van der Waals surface area contributed by atoms with Crippen LogP contribution in [0.25, 0.3) is 0 Å². The molecule has 1 aliphatic rings. The minimum atomic E-state index is -0.588. The van der Waals surface area contributed by atoms with Crippen LogP contribution >= 0.6 is 0 Å². The molecule has 1 atom stereocenters. The first-order valence-electron chi connectivity index (χ1n) is 7.17. The molecule has 6 heteroatoms. The summed E-state index contributed by atoms with van der Waals surface area (Å²) in [6.07, 6.45) is 1.55. The molecular formula is C15H22N4O2. The minimum absolute atomic E-state index is 0.185. The van der Waals surface area contributed by atoms with Crippen molar-refractivity contribution < 1.29 is 9.59 Å². The molecular weight excluding hydrogens is 268 g/mol. The van der Waals surface area contributed by atoms with Crippen molar-refractivity contribution in [1.82, 2.24) is 14.8 Å². The lowest BCUT2D eigenvalue weighted by Gasteiger charge is -2.41. The lowest BCUT2D eigenvalue weighted by atomic mass is 10.1. The van der Waals surface area contributed by atoms with Gasteiger partial charge in [-0.1, -0.05) is 0 Å². The Balaban J connectivity index is 2.19. The molecule has 1 fully saturated rings. The van der Waals surface area contributed by atoms with Crippen molar-refractivity contribution in [2.45, 2.75) is 32.9 Å². The highest BCUT2D eigenvalue weighted by Crippen LogP contribution is 2.16. The Kier molecular flexibility index (Phi) is 4.57. The predicted octanol–water partition coefficient (Wildman–Crippen LogP) is 0.410. The second-order valence-electron chi connectivity index (χ2n) is 5.69. The summed E-state index contributed by atoms with van der Waals surface area (Å²) in [6, 6.07) is 3.26. The van der Waals surface area contributed by atoms with Gasteiger partial charge in [0.15, 0.2) is 0 Å². The summed E-state index contributed by atoms with van der Waals surface area (Å²) in [6.45, 7) is 7.73. The first kappa shape index (κ1) is 15.4. The molecule has 6 nitrogen and oxygen atoms in total. The smallest absolute Gasteiger partial charge is 0.256 e. The predicted molar refractivity (Wildman–Crippen MR) is 79.7 cm³/mol. The van der Waals surface area contributed by atoms with Gasteiger partial charge in [0.2, 0.25) is 5.91 Å². The largest absolute Gasteiger partial charge is 0.368 e. The molecule has 0 bridgehead atoms. The van der Waals surface area contributed by atoms with E-state index in [-0.39, 0.29) is 5.91 Å². The summed E-state index contributed by atoms with van der Waals surface area (Å²) >= 11 is 0. The van der Waals surface area contributed by atoms with Crippen molar-refractivity contribution in [3.05, 3.63) is 29.6 Å². The normalized spacial score (nSPS) is 19.8. The fourth-order valence-corrected chi connectivity index (χ4v) is 2.52. The van der Waals surface area contributed by atoms with Gasteiger partial charge < -0.3 is 10.6 Å². The van der Waals surface area contributed by atoms with Gasteiger partial charge in [0, 0.05) is 37.6 Å². The molecule has 0 radical (unpaired) electrons. The molecule has 2 amide bonds. The number of carbonyl (C=O) groups excluding carboxylic acids is 2. The zero-order valence-corrected chi connectivity index (χ0v) is 12.7. The van der Waals surface area contributed by atoms with E-state index in [1.54, 1.807) is 23.2 Å². The first-order valence-corrected chi connectivity index (χ1v) is 7.17. The number of piperazine rings is 1. The Morgan fingerprint density at radius 2 is 2.05 bits per heavy atom. The summed E-state index contributed by atoms with van der Waals surface area (Å²) < 4.78 is 0. The fraction of sp³-hybridized carbons (Fsp3) is 0.533. The lowest BCUT2D eigenvalue weighted by Crippen LogP contribution is -2.61. The molecule has 1 aromatic heterocycles. The van der Waals surface area contributed by atoms with Gasteiger partial charge in [0.25, 0.3) is 5.91 Å². The molecule has 0 saturated carbocycles. The number of aromatic nitrogens is 1. The van der Waals surface area contributed by atoms with Crippen molar-refractivity contribution in [2.24, 2.45) is 5.73 Å². The SMILES string of the molecule is Cc1ccc(C(=O)N2CCN(C(C)C)C[C@@H]2C(N)=O)cn1. The monoisotopic (exact) mass is 290 g/mol. The third-order valence-electron chi connectivity index (χ3n) is 3.89. The summed E-state index contributed by atoms with van der Waals surface area (Å²) in [5, 5.41) is 0. The average molecular weight is 290 g/mol. The highest BCUT2D eigenvalue weighted by molar-refractivity contribution is 5.97. The van der Waals surface area contributed by atoms with Crippen LogP contribution in [-0.4, -0.2) is 58.3 Å². The van der Waals surface area contributed by atoms with E-state index in [2.05, 4.69) is 23.7 Å². The average Bonchev–Trinajstić information content (AvgIpc) is 2.46. The number of rotatable bonds is 3. The van der Waals surface area contributed by atoms with Crippen molar-refractivity contribution in [3.63, 3.8) is 0 Å². The zero-order chi connectivity index (χ0) is 15.6. The molecule has 114 valence electrons. The Morgan fingerprint density at radius 1 is 1.33 bits per heavy atom. The lowest BCUT2D eigenvalue weighted by molar-refractivity contribution is -0.124. The van der Waals surface area contributed by atoms with Gasteiger partial charge in [-0.15, -0.1) is 0 Å². The summed E-state index contributed by atoms with van der Waals surface area (Å²) in [4.78, 5) is 32.1. The van der Waals surface area contributed by atoms with Crippen LogP contribution in [0.2, 0.25) is 0 Å². The highest BCUT2D eigenvalue weighted by atomic mass is 16.2. The van der Waals surface area contributed by atoms with Crippen molar-refractivity contribution in [2.75, 3.05) is 19.6 Å². The number of primary amides is 1. The van der Waals surface area contributed by atoms with E-state index in [1.807, 2.05) is 6.92 Å². The van der Waals surface area contributed by atoms with Crippen LogP contribution in [0.4, 0.5) is 0 Å². The maximum absolute atomic E-state index is 12.6. The second-order valence-corrected chi connectivity index (χ2v) is 5.69. The van der Waals surface area contributed by atoms with Gasteiger partial charge in [-0.2, -0.15) is 0 Å².